The van der Waals surface area contributed by atoms with Crippen LogP contribution >= 0.6 is 0 Å². The van der Waals surface area contributed by atoms with Gasteiger partial charge in [-0.05, 0) is 12.1 Å². The van der Waals surface area contributed by atoms with Crippen LogP contribution < -0.4 is 5.32 Å². The lowest BCUT2D eigenvalue weighted by molar-refractivity contribution is -0.120. The minimum absolute atomic E-state index is 0.0257. The van der Waals surface area contributed by atoms with Crippen molar-refractivity contribution < 1.29 is 9.21 Å². The van der Waals surface area contributed by atoms with Crippen molar-refractivity contribution in [3.05, 3.63) is 36.2 Å². The van der Waals surface area contributed by atoms with Gasteiger partial charge in [-0.3, -0.25) is 4.79 Å². The van der Waals surface area contributed by atoms with Gasteiger partial charge in [-0.2, -0.15) is 0 Å². The molecular formula is C13H15N3O2. The molecule has 1 amide bonds. The molecule has 0 atom stereocenters. The zero-order valence-electron chi connectivity index (χ0n) is 10.2. The highest BCUT2D eigenvalue weighted by Crippen LogP contribution is 2.16. The van der Waals surface area contributed by atoms with Gasteiger partial charge in [-0.1, -0.05) is 25.1 Å². The van der Waals surface area contributed by atoms with Gasteiger partial charge in [-0.25, -0.2) is 0 Å². The molecule has 1 heterocycles. The molecule has 2 rings (SSSR count). The van der Waals surface area contributed by atoms with Crippen molar-refractivity contribution in [1.29, 1.82) is 0 Å². The maximum absolute atomic E-state index is 11.1. The summed E-state index contributed by atoms with van der Waals surface area (Å²) in [5.41, 5.74) is 0.897. The van der Waals surface area contributed by atoms with E-state index in [4.69, 9.17) is 4.42 Å². The van der Waals surface area contributed by atoms with E-state index in [1.807, 2.05) is 37.3 Å². The smallest absolute Gasteiger partial charge is 0.247 e. The van der Waals surface area contributed by atoms with Crippen LogP contribution in [0.15, 0.2) is 34.7 Å². The van der Waals surface area contributed by atoms with Crippen LogP contribution in [0.2, 0.25) is 0 Å². The molecule has 0 saturated heterocycles. The first-order chi connectivity index (χ1) is 8.79. The molecule has 0 bridgehead atoms. The maximum Gasteiger partial charge on any atom is 0.247 e. The summed E-state index contributed by atoms with van der Waals surface area (Å²) >= 11 is 0. The van der Waals surface area contributed by atoms with E-state index < -0.39 is 0 Å². The Labute approximate surface area is 105 Å². The van der Waals surface area contributed by atoms with Crippen molar-refractivity contribution in [2.24, 2.45) is 0 Å². The van der Waals surface area contributed by atoms with Gasteiger partial charge in [0.05, 0.1) is 0 Å². The zero-order chi connectivity index (χ0) is 12.8. The number of benzene rings is 1. The number of nitrogens with one attached hydrogen (secondary N) is 1. The first-order valence-electron chi connectivity index (χ1n) is 5.94. The summed E-state index contributed by atoms with van der Waals surface area (Å²) in [6.45, 7) is 2.33. The normalized spacial score (nSPS) is 10.3. The first kappa shape index (κ1) is 12.3. The van der Waals surface area contributed by atoms with Gasteiger partial charge in [0.15, 0.2) is 0 Å². The lowest BCUT2D eigenvalue weighted by Crippen LogP contribution is -2.24. The molecule has 2 aromatic rings. The van der Waals surface area contributed by atoms with E-state index in [1.165, 1.54) is 0 Å². The van der Waals surface area contributed by atoms with Crippen LogP contribution in [0.5, 0.6) is 0 Å². The maximum atomic E-state index is 11.1. The second-order valence-electron chi connectivity index (χ2n) is 3.82. The van der Waals surface area contributed by atoms with Gasteiger partial charge < -0.3 is 9.73 Å². The van der Waals surface area contributed by atoms with Crippen LogP contribution in [0.4, 0.5) is 0 Å². The van der Waals surface area contributed by atoms with E-state index in [0.717, 1.165) is 5.56 Å². The molecular weight excluding hydrogens is 230 g/mol. The Bertz CT molecular complexity index is 508. The summed E-state index contributed by atoms with van der Waals surface area (Å²) in [6, 6.07) is 9.59. The minimum atomic E-state index is 0.0257. The molecule has 0 unspecified atom stereocenters. The van der Waals surface area contributed by atoms with Crippen LogP contribution in [0.1, 0.15) is 19.2 Å². The largest absolute Gasteiger partial charge is 0.421 e. The van der Waals surface area contributed by atoms with E-state index in [1.54, 1.807) is 0 Å². The summed E-state index contributed by atoms with van der Waals surface area (Å²) in [6.07, 6.45) is 1.03. The molecule has 0 fully saturated rings. The third-order valence-corrected chi connectivity index (χ3v) is 2.47. The molecule has 0 aliphatic heterocycles. The highest BCUT2D eigenvalue weighted by molar-refractivity contribution is 5.75. The van der Waals surface area contributed by atoms with E-state index in [9.17, 15) is 4.79 Å². The van der Waals surface area contributed by atoms with Crippen LogP contribution in [0.3, 0.4) is 0 Å². The summed E-state index contributed by atoms with van der Waals surface area (Å²) in [4.78, 5) is 11.1. The summed E-state index contributed by atoms with van der Waals surface area (Å²) in [5, 5.41) is 10.7. The standard InChI is InChI=1S/C13H15N3O2/c1-2-11(17)14-9-8-12-15-16-13(18-12)10-6-4-3-5-7-10/h3-7H,2,8-9H2,1H3,(H,14,17). The number of rotatable bonds is 5. The highest BCUT2D eigenvalue weighted by Gasteiger charge is 2.07. The highest BCUT2D eigenvalue weighted by atomic mass is 16.4. The molecule has 5 heteroatoms. The predicted octanol–water partition coefficient (Wildman–Crippen LogP) is 1.81. The summed E-state index contributed by atoms with van der Waals surface area (Å²) in [7, 11) is 0. The SMILES string of the molecule is CCC(=O)NCCc1nnc(-c2ccccc2)o1. The molecule has 0 radical (unpaired) electrons. The molecule has 1 aromatic carbocycles. The average Bonchev–Trinajstić information content (AvgIpc) is 2.88. The van der Waals surface area contributed by atoms with Crippen molar-refractivity contribution in [1.82, 2.24) is 15.5 Å². The van der Waals surface area contributed by atoms with Crippen LogP contribution in [0, 0.1) is 0 Å². The molecule has 0 spiro atoms. The molecule has 1 N–H and O–H groups in total. The third kappa shape index (κ3) is 3.16. The van der Waals surface area contributed by atoms with E-state index in [-0.39, 0.29) is 5.91 Å². The number of amides is 1. The molecule has 0 saturated carbocycles. The second-order valence-corrected chi connectivity index (χ2v) is 3.82. The Balaban J connectivity index is 1.93. The fraction of sp³-hybridized carbons (Fsp3) is 0.308. The number of hydrogen-bond acceptors (Lipinski definition) is 4. The number of carbonyl (C=O) groups is 1. The third-order valence-electron chi connectivity index (χ3n) is 2.47. The summed E-state index contributed by atoms with van der Waals surface area (Å²) < 4.78 is 5.51. The second kappa shape index (κ2) is 5.95. The van der Waals surface area contributed by atoms with Crippen LogP contribution in [-0.2, 0) is 11.2 Å². The average molecular weight is 245 g/mol. The Morgan fingerprint density at radius 1 is 1.28 bits per heavy atom. The molecule has 0 aliphatic rings. The summed E-state index contributed by atoms with van der Waals surface area (Å²) in [5.74, 6) is 1.07. The number of carbonyl (C=O) groups excluding carboxylic acids is 1. The van der Waals surface area contributed by atoms with E-state index >= 15 is 0 Å². The van der Waals surface area contributed by atoms with Crippen molar-refractivity contribution in [3.63, 3.8) is 0 Å². The van der Waals surface area contributed by atoms with Gasteiger partial charge >= 0.3 is 0 Å². The number of nitrogens with zero attached hydrogens (tertiary/aromatic N) is 2. The Morgan fingerprint density at radius 2 is 2.06 bits per heavy atom. The van der Waals surface area contributed by atoms with Crippen LogP contribution in [-0.4, -0.2) is 22.6 Å². The zero-order valence-corrected chi connectivity index (χ0v) is 10.2. The van der Waals surface area contributed by atoms with E-state index in [0.29, 0.717) is 31.2 Å². The van der Waals surface area contributed by atoms with Gasteiger partial charge in [0, 0.05) is 24.9 Å². The van der Waals surface area contributed by atoms with Crippen LogP contribution in [0.25, 0.3) is 11.5 Å². The number of hydrogen-bond donors (Lipinski definition) is 1. The quantitative estimate of drug-likeness (QED) is 0.872. The van der Waals surface area contributed by atoms with Gasteiger partial charge in [0.25, 0.3) is 0 Å². The van der Waals surface area contributed by atoms with Crippen molar-refractivity contribution in [2.75, 3.05) is 6.54 Å². The lowest BCUT2D eigenvalue weighted by Gasteiger charge is -1.99. The fourth-order valence-electron chi connectivity index (χ4n) is 1.49. The Kier molecular flexibility index (Phi) is 4.06. The Hall–Kier alpha value is -2.17. The molecule has 5 nitrogen and oxygen atoms in total. The molecule has 94 valence electrons. The minimum Gasteiger partial charge on any atom is -0.421 e. The molecule has 1 aromatic heterocycles. The molecule has 0 aliphatic carbocycles. The predicted molar refractivity (Wildman–Crippen MR) is 66.7 cm³/mol. The lowest BCUT2D eigenvalue weighted by atomic mass is 10.2. The van der Waals surface area contributed by atoms with Gasteiger partial charge in [0.2, 0.25) is 17.7 Å². The van der Waals surface area contributed by atoms with Gasteiger partial charge in [-0.15, -0.1) is 10.2 Å². The van der Waals surface area contributed by atoms with E-state index in [2.05, 4.69) is 15.5 Å². The van der Waals surface area contributed by atoms with Gasteiger partial charge in [0.1, 0.15) is 0 Å². The van der Waals surface area contributed by atoms with Crippen molar-refractivity contribution >= 4 is 5.91 Å². The monoisotopic (exact) mass is 245 g/mol. The van der Waals surface area contributed by atoms with Crippen molar-refractivity contribution in [3.8, 4) is 11.5 Å². The fourth-order valence-corrected chi connectivity index (χ4v) is 1.49. The first-order valence-corrected chi connectivity index (χ1v) is 5.94. The topological polar surface area (TPSA) is 68.0 Å². The number of aromatic nitrogens is 2. The molecule has 18 heavy (non-hydrogen) atoms. The van der Waals surface area contributed by atoms with Crippen molar-refractivity contribution in [2.45, 2.75) is 19.8 Å². The Morgan fingerprint density at radius 3 is 2.78 bits per heavy atom.